The predicted octanol–water partition coefficient (Wildman–Crippen LogP) is 1.32. The van der Waals surface area contributed by atoms with Crippen molar-refractivity contribution in [3.63, 3.8) is 0 Å². The molecule has 2 rings (SSSR count). The number of nitrogens with one attached hydrogen (secondary N) is 1. The van der Waals surface area contributed by atoms with Gasteiger partial charge < -0.3 is 10.2 Å². The van der Waals surface area contributed by atoms with Crippen LogP contribution in [0.15, 0.2) is 24.5 Å². The molecule has 1 aliphatic rings. The van der Waals surface area contributed by atoms with Gasteiger partial charge in [-0.25, -0.2) is 0 Å². The van der Waals surface area contributed by atoms with E-state index in [1.54, 1.807) is 17.3 Å². The molecule has 0 radical (unpaired) electrons. The zero-order chi connectivity index (χ0) is 14.2. The molecule has 0 spiro atoms. The van der Waals surface area contributed by atoms with Crippen LogP contribution < -0.4 is 5.32 Å². The van der Waals surface area contributed by atoms with Gasteiger partial charge in [-0.1, -0.05) is 6.07 Å². The Hall–Kier alpha value is -1.93. The summed E-state index contributed by atoms with van der Waals surface area (Å²) >= 11 is 0. The first-order chi connectivity index (χ1) is 9.79. The third kappa shape index (κ3) is 4.32. The smallest absolute Gasteiger partial charge is 0.223 e. The Morgan fingerprint density at radius 1 is 1.60 bits per heavy atom. The van der Waals surface area contributed by atoms with E-state index in [2.05, 4.69) is 16.4 Å². The van der Waals surface area contributed by atoms with Gasteiger partial charge in [0, 0.05) is 31.9 Å². The van der Waals surface area contributed by atoms with Gasteiger partial charge in [0.1, 0.15) is 0 Å². The zero-order valence-electron chi connectivity index (χ0n) is 11.6. The lowest BCUT2D eigenvalue weighted by atomic mass is 10.0. The number of carbonyl (C=O) groups is 1. The van der Waals surface area contributed by atoms with Gasteiger partial charge in [0.15, 0.2) is 0 Å². The number of nitrogens with zero attached hydrogens (tertiary/aromatic N) is 3. The normalized spacial score (nSPS) is 17.6. The van der Waals surface area contributed by atoms with Crippen molar-refractivity contribution in [3.05, 3.63) is 30.1 Å². The molecule has 1 amide bonds. The fourth-order valence-electron chi connectivity index (χ4n) is 2.45. The summed E-state index contributed by atoms with van der Waals surface area (Å²) in [5.41, 5.74) is 1.00. The van der Waals surface area contributed by atoms with Crippen molar-refractivity contribution in [1.82, 2.24) is 15.2 Å². The van der Waals surface area contributed by atoms with E-state index in [-0.39, 0.29) is 5.91 Å². The van der Waals surface area contributed by atoms with Crippen LogP contribution >= 0.6 is 0 Å². The highest BCUT2D eigenvalue weighted by Crippen LogP contribution is 2.15. The molecule has 1 fully saturated rings. The van der Waals surface area contributed by atoms with Gasteiger partial charge in [-0.05, 0) is 37.1 Å². The van der Waals surface area contributed by atoms with E-state index < -0.39 is 0 Å². The summed E-state index contributed by atoms with van der Waals surface area (Å²) < 4.78 is 0. The Bertz CT molecular complexity index is 463. The lowest BCUT2D eigenvalue weighted by Crippen LogP contribution is -2.33. The highest BCUT2D eigenvalue weighted by atomic mass is 16.2. The minimum atomic E-state index is 0.137. The van der Waals surface area contributed by atoms with Gasteiger partial charge in [-0.2, -0.15) is 5.26 Å². The molecular weight excluding hydrogens is 252 g/mol. The first-order valence-corrected chi connectivity index (χ1v) is 7.04. The molecule has 5 heteroatoms. The molecule has 20 heavy (non-hydrogen) atoms. The van der Waals surface area contributed by atoms with Gasteiger partial charge in [0.2, 0.25) is 5.91 Å². The van der Waals surface area contributed by atoms with Gasteiger partial charge in [0.05, 0.1) is 12.5 Å². The summed E-state index contributed by atoms with van der Waals surface area (Å²) in [6.07, 6.45) is 5.48. The first kappa shape index (κ1) is 14.5. The van der Waals surface area contributed by atoms with Gasteiger partial charge >= 0.3 is 0 Å². The van der Waals surface area contributed by atoms with E-state index in [0.717, 1.165) is 25.1 Å². The fraction of sp³-hybridized carbons (Fsp3) is 0.533. The molecule has 1 aromatic rings. The standard InChI is InChI=1S/C15H20N4O/c16-5-2-8-19(12-14-3-1-6-17-11-14)15(20)9-13-4-7-18-10-13/h1,3,6,11,13,18H,2,4,7-10,12H2. The highest BCUT2D eigenvalue weighted by molar-refractivity contribution is 5.76. The molecule has 1 unspecified atom stereocenters. The lowest BCUT2D eigenvalue weighted by molar-refractivity contribution is -0.132. The van der Waals surface area contributed by atoms with Crippen LogP contribution in [0.4, 0.5) is 0 Å². The zero-order valence-corrected chi connectivity index (χ0v) is 11.6. The topological polar surface area (TPSA) is 69.0 Å². The van der Waals surface area contributed by atoms with Crippen LogP contribution in [-0.2, 0) is 11.3 Å². The molecule has 1 N–H and O–H groups in total. The van der Waals surface area contributed by atoms with Gasteiger partial charge in [0.25, 0.3) is 0 Å². The van der Waals surface area contributed by atoms with Gasteiger partial charge in [-0.15, -0.1) is 0 Å². The molecule has 2 heterocycles. The average molecular weight is 272 g/mol. The molecule has 0 aromatic carbocycles. The maximum absolute atomic E-state index is 12.4. The molecular formula is C15H20N4O. The largest absolute Gasteiger partial charge is 0.337 e. The Kier molecular flexibility index (Phi) is 5.51. The van der Waals surface area contributed by atoms with Crippen LogP contribution in [0, 0.1) is 17.2 Å². The molecule has 106 valence electrons. The quantitative estimate of drug-likeness (QED) is 0.848. The van der Waals surface area contributed by atoms with Crippen LogP contribution in [0.2, 0.25) is 0 Å². The number of carbonyl (C=O) groups excluding carboxylic acids is 1. The SMILES string of the molecule is N#CCCN(Cc1cccnc1)C(=O)CC1CCNC1. The van der Waals surface area contributed by atoms with Crippen LogP contribution in [-0.4, -0.2) is 35.4 Å². The molecule has 1 atom stereocenters. The maximum Gasteiger partial charge on any atom is 0.223 e. The Morgan fingerprint density at radius 3 is 3.15 bits per heavy atom. The number of aromatic nitrogens is 1. The van der Waals surface area contributed by atoms with Crippen molar-refractivity contribution < 1.29 is 4.79 Å². The minimum Gasteiger partial charge on any atom is -0.337 e. The van der Waals surface area contributed by atoms with Crippen LogP contribution in [0.1, 0.15) is 24.8 Å². The number of hydrogen-bond donors (Lipinski definition) is 1. The molecule has 0 saturated carbocycles. The number of rotatable bonds is 6. The second kappa shape index (κ2) is 7.61. The Morgan fingerprint density at radius 2 is 2.50 bits per heavy atom. The van der Waals surface area contributed by atoms with Crippen molar-refractivity contribution in [3.8, 4) is 6.07 Å². The molecule has 0 bridgehead atoms. The Labute approximate surface area is 119 Å². The van der Waals surface area contributed by atoms with Crippen molar-refractivity contribution in [2.24, 2.45) is 5.92 Å². The van der Waals surface area contributed by atoms with Crippen LogP contribution in [0.25, 0.3) is 0 Å². The predicted molar refractivity (Wildman–Crippen MR) is 75.5 cm³/mol. The van der Waals surface area contributed by atoms with E-state index in [4.69, 9.17) is 5.26 Å². The summed E-state index contributed by atoms with van der Waals surface area (Å²) in [4.78, 5) is 18.2. The third-order valence-electron chi connectivity index (χ3n) is 3.57. The van der Waals surface area contributed by atoms with Crippen LogP contribution in [0.5, 0.6) is 0 Å². The summed E-state index contributed by atoms with van der Waals surface area (Å²) in [6.45, 7) is 2.95. The summed E-state index contributed by atoms with van der Waals surface area (Å²) in [5, 5.41) is 12.0. The minimum absolute atomic E-state index is 0.137. The summed E-state index contributed by atoms with van der Waals surface area (Å²) in [6, 6.07) is 5.93. The van der Waals surface area contributed by atoms with E-state index in [1.165, 1.54) is 0 Å². The molecule has 5 nitrogen and oxygen atoms in total. The second-order valence-electron chi connectivity index (χ2n) is 5.15. The molecule has 1 aromatic heterocycles. The van der Waals surface area contributed by atoms with E-state index in [9.17, 15) is 4.79 Å². The maximum atomic E-state index is 12.4. The van der Waals surface area contributed by atoms with E-state index >= 15 is 0 Å². The Balaban J connectivity index is 1.95. The molecule has 1 aliphatic heterocycles. The van der Waals surface area contributed by atoms with Crippen molar-refractivity contribution >= 4 is 5.91 Å². The monoisotopic (exact) mass is 272 g/mol. The number of pyridine rings is 1. The fourth-order valence-corrected chi connectivity index (χ4v) is 2.45. The van der Waals surface area contributed by atoms with Crippen molar-refractivity contribution in [2.75, 3.05) is 19.6 Å². The van der Waals surface area contributed by atoms with Crippen molar-refractivity contribution in [2.45, 2.75) is 25.8 Å². The van der Waals surface area contributed by atoms with E-state index in [0.29, 0.717) is 31.8 Å². The summed E-state index contributed by atoms with van der Waals surface area (Å²) in [5.74, 6) is 0.568. The van der Waals surface area contributed by atoms with Gasteiger partial charge in [-0.3, -0.25) is 9.78 Å². The molecule has 1 saturated heterocycles. The number of hydrogen-bond acceptors (Lipinski definition) is 4. The number of amides is 1. The number of nitriles is 1. The molecule has 0 aliphatic carbocycles. The first-order valence-electron chi connectivity index (χ1n) is 7.04. The highest BCUT2D eigenvalue weighted by Gasteiger charge is 2.21. The van der Waals surface area contributed by atoms with Crippen molar-refractivity contribution in [1.29, 1.82) is 5.26 Å². The second-order valence-corrected chi connectivity index (χ2v) is 5.15. The third-order valence-corrected chi connectivity index (χ3v) is 3.57. The average Bonchev–Trinajstić information content (AvgIpc) is 2.97. The lowest BCUT2D eigenvalue weighted by Gasteiger charge is -2.23. The summed E-state index contributed by atoms with van der Waals surface area (Å²) in [7, 11) is 0. The van der Waals surface area contributed by atoms with E-state index in [1.807, 2.05) is 12.1 Å². The van der Waals surface area contributed by atoms with Crippen LogP contribution in [0.3, 0.4) is 0 Å².